The number of carbonyl (C=O) groups is 1. The van der Waals surface area contributed by atoms with Gasteiger partial charge in [-0.3, -0.25) is 4.79 Å². The Morgan fingerprint density at radius 2 is 1.96 bits per heavy atom. The smallest absolute Gasteiger partial charge is 0.223 e. The minimum absolute atomic E-state index is 0.207. The molecule has 0 aliphatic carbocycles. The zero-order valence-corrected chi connectivity index (χ0v) is 17.5. The highest BCUT2D eigenvalue weighted by atomic mass is 16.5. The Kier molecular flexibility index (Phi) is 6.42. The van der Waals surface area contributed by atoms with Crippen LogP contribution in [-0.4, -0.2) is 36.0 Å². The summed E-state index contributed by atoms with van der Waals surface area (Å²) in [6.45, 7) is 8.64. The van der Waals surface area contributed by atoms with Crippen molar-refractivity contribution in [3.8, 4) is 17.1 Å². The van der Waals surface area contributed by atoms with Crippen LogP contribution in [0.2, 0.25) is 0 Å². The SMILES string of the molecule is COc1ccc(-c2cnc(CCC(=O)N3CCCC(C(C)(C)C)CC3)o2)cc1. The number of aryl methyl sites for hydroxylation is 1. The van der Waals surface area contributed by atoms with Gasteiger partial charge in [-0.1, -0.05) is 20.8 Å². The lowest BCUT2D eigenvalue weighted by atomic mass is 9.77. The molecule has 2 aromatic rings. The first-order valence-corrected chi connectivity index (χ1v) is 10.2. The number of rotatable bonds is 5. The molecule has 1 aliphatic rings. The van der Waals surface area contributed by atoms with Crippen LogP contribution in [0.1, 0.15) is 52.3 Å². The van der Waals surface area contributed by atoms with Gasteiger partial charge in [0.2, 0.25) is 5.91 Å². The lowest BCUT2D eigenvalue weighted by molar-refractivity contribution is -0.131. The minimum atomic E-state index is 0.207. The fourth-order valence-electron chi connectivity index (χ4n) is 3.90. The Labute approximate surface area is 168 Å². The van der Waals surface area contributed by atoms with Crippen molar-refractivity contribution in [2.24, 2.45) is 11.3 Å². The summed E-state index contributed by atoms with van der Waals surface area (Å²) in [5.74, 6) is 3.03. The van der Waals surface area contributed by atoms with Crippen LogP contribution in [0.3, 0.4) is 0 Å². The van der Waals surface area contributed by atoms with Crippen LogP contribution >= 0.6 is 0 Å². The number of nitrogens with zero attached hydrogens (tertiary/aromatic N) is 2. The van der Waals surface area contributed by atoms with Crippen molar-refractivity contribution < 1.29 is 13.9 Å². The molecule has 0 saturated carbocycles. The summed E-state index contributed by atoms with van der Waals surface area (Å²) < 4.78 is 11.0. The molecule has 1 saturated heterocycles. The van der Waals surface area contributed by atoms with Crippen LogP contribution < -0.4 is 4.74 Å². The summed E-state index contributed by atoms with van der Waals surface area (Å²) in [7, 11) is 1.64. The lowest BCUT2D eigenvalue weighted by Crippen LogP contribution is -2.32. The molecule has 1 aromatic carbocycles. The zero-order valence-electron chi connectivity index (χ0n) is 17.5. The van der Waals surface area contributed by atoms with Crippen molar-refractivity contribution >= 4 is 5.91 Å². The maximum absolute atomic E-state index is 12.7. The highest BCUT2D eigenvalue weighted by molar-refractivity contribution is 5.76. The van der Waals surface area contributed by atoms with Crippen LogP contribution in [0, 0.1) is 11.3 Å². The first kappa shape index (κ1) is 20.4. The van der Waals surface area contributed by atoms with Crippen molar-refractivity contribution in [3.05, 3.63) is 36.4 Å². The van der Waals surface area contributed by atoms with Gasteiger partial charge in [-0.25, -0.2) is 4.98 Å². The van der Waals surface area contributed by atoms with E-state index >= 15 is 0 Å². The van der Waals surface area contributed by atoms with Crippen LogP contribution in [0.4, 0.5) is 0 Å². The van der Waals surface area contributed by atoms with Crippen molar-refractivity contribution in [3.63, 3.8) is 0 Å². The minimum Gasteiger partial charge on any atom is -0.497 e. The molecular formula is C23H32N2O3. The van der Waals surface area contributed by atoms with Crippen molar-refractivity contribution in [2.45, 2.75) is 52.9 Å². The standard InChI is InChI=1S/C23H32N2O3/c1-23(2,3)18-6-5-14-25(15-13-18)22(26)12-11-21-24-16-20(28-21)17-7-9-19(27-4)10-8-17/h7-10,16,18H,5-6,11-15H2,1-4H3. The van der Waals surface area contributed by atoms with Gasteiger partial charge in [0.1, 0.15) is 5.75 Å². The predicted molar refractivity (Wildman–Crippen MR) is 110 cm³/mol. The topological polar surface area (TPSA) is 55.6 Å². The summed E-state index contributed by atoms with van der Waals surface area (Å²) in [6.07, 6.45) is 6.10. The average Bonchev–Trinajstić information content (AvgIpc) is 3.00. The van der Waals surface area contributed by atoms with Gasteiger partial charge in [-0.15, -0.1) is 0 Å². The molecule has 0 radical (unpaired) electrons. The number of amides is 1. The number of aromatic nitrogens is 1. The third kappa shape index (κ3) is 5.15. The van der Waals surface area contributed by atoms with E-state index in [0.717, 1.165) is 37.2 Å². The molecule has 0 N–H and O–H groups in total. The average molecular weight is 385 g/mol. The van der Waals surface area contributed by atoms with E-state index in [1.807, 2.05) is 29.2 Å². The van der Waals surface area contributed by atoms with Crippen LogP contribution in [0.5, 0.6) is 5.75 Å². The highest BCUT2D eigenvalue weighted by Crippen LogP contribution is 2.34. The van der Waals surface area contributed by atoms with E-state index < -0.39 is 0 Å². The maximum Gasteiger partial charge on any atom is 0.223 e. The van der Waals surface area contributed by atoms with Gasteiger partial charge in [-0.2, -0.15) is 0 Å². The van der Waals surface area contributed by atoms with E-state index in [1.54, 1.807) is 13.3 Å². The Morgan fingerprint density at radius 1 is 1.21 bits per heavy atom. The number of hydrogen-bond donors (Lipinski definition) is 0. The number of likely N-dealkylation sites (tertiary alicyclic amines) is 1. The summed E-state index contributed by atoms with van der Waals surface area (Å²) in [4.78, 5) is 19.0. The monoisotopic (exact) mass is 384 g/mol. The molecule has 1 aromatic heterocycles. The Balaban J connectivity index is 1.53. The zero-order chi connectivity index (χ0) is 20.1. The maximum atomic E-state index is 12.7. The summed E-state index contributed by atoms with van der Waals surface area (Å²) >= 11 is 0. The van der Waals surface area contributed by atoms with E-state index in [-0.39, 0.29) is 5.91 Å². The van der Waals surface area contributed by atoms with Crippen molar-refractivity contribution in [1.29, 1.82) is 0 Å². The molecule has 1 aliphatic heterocycles. The fraction of sp³-hybridized carbons (Fsp3) is 0.565. The van der Waals surface area contributed by atoms with Gasteiger partial charge < -0.3 is 14.1 Å². The molecule has 0 bridgehead atoms. The number of methoxy groups -OCH3 is 1. The second kappa shape index (κ2) is 8.80. The molecule has 1 fully saturated rings. The van der Waals surface area contributed by atoms with Gasteiger partial charge in [0.05, 0.1) is 13.3 Å². The third-order valence-electron chi connectivity index (χ3n) is 5.79. The highest BCUT2D eigenvalue weighted by Gasteiger charge is 2.28. The normalized spacial score (nSPS) is 18.0. The van der Waals surface area contributed by atoms with E-state index in [9.17, 15) is 4.79 Å². The molecule has 1 unspecified atom stereocenters. The van der Waals surface area contributed by atoms with Gasteiger partial charge in [0.25, 0.3) is 0 Å². The summed E-state index contributed by atoms with van der Waals surface area (Å²) in [5.41, 5.74) is 1.27. The summed E-state index contributed by atoms with van der Waals surface area (Å²) in [5, 5.41) is 0. The molecule has 2 heterocycles. The fourth-order valence-corrected chi connectivity index (χ4v) is 3.90. The predicted octanol–water partition coefficient (Wildman–Crippen LogP) is 4.96. The molecule has 1 amide bonds. The third-order valence-corrected chi connectivity index (χ3v) is 5.79. The largest absolute Gasteiger partial charge is 0.497 e. The van der Waals surface area contributed by atoms with Crippen molar-refractivity contribution in [1.82, 2.24) is 9.88 Å². The first-order chi connectivity index (χ1) is 13.4. The molecule has 5 nitrogen and oxygen atoms in total. The summed E-state index contributed by atoms with van der Waals surface area (Å²) in [6, 6.07) is 7.67. The quantitative estimate of drug-likeness (QED) is 0.731. The second-order valence-electron chi connectivity index (χ2n) is 8.72. The second-order valence-corrected chi connectivity index (χ2v) is 8.72. The molecule has 1 atom stereocenters. The van der Waals surface area contributed by atoms with Crippen LogP contribution in [0.25, 0.3) is 11.3 Å². The Bertz CT molecular complexity index is 774. The Morgan fingerprint density at radius 3 is 2.64 bits per heavy atom. The number of hydrogen-bond acceptors (Lipinski definition) is 4. The molecule has 5 heteroatoms. The molecular weight excluding hydrogens is 352 g/mol. The van der Waals surface area contributed by atoms with E-state index in [4.69, 9.17) is 9.15 Å². The number of carbonyl (C=O) groups excluding carboxylic acids is 1. The van der Waals surface area contributed by atoms with Gasteiger partial charge in [0.15, 0.2) is 11.7 Å². The van der Waals surface area contributed by atoms with E-state index in [2.05, 4.69) is 25.8 Å². The number of oxazole rings is 1. The molecule has 0 spiro atoms. The van der Waals surface area contributed by atoms with Gasteiger partial charge in [0, 0.05) is 31.5 Å². The lowest BCUT2D eigenvalue weighted by Gasteiger charge is -2.29. The van der Waals surface area contributed by atoms with E-state index in [1.165, 1.54) is 6.42 Å². The molecule has 152 valence electrons. The van der Waals surface area contributed by atoms with E-state index in [0.29, 0.717) is 35.8 Å². The van der Waals surface area contributed by atoms with Gasteiger partial charge in [-0.05, 0) is 54.9 Å². The van der Waals surface area contributed by atoms with Crippen LogP contribution in [-0.2, 0) is 11.2 Å². The first-order valence-electron chi connectivity index (χ1n) is 10.2. The Hall–Kier alpha value is -2.30. The number of ether oxygens (including phenoxy) is 1. The van der Waals surface area contributed by atoms with Gasteiger partial charge >= 0.3 is 0 Å². The molecule has 28 heavy (non-hydrogen) atoms. The van der Waals surface area contributed by atoms with Crippen LogP contribution in [0.15, 0.2) is 34.9 Å². The molecule has 3 rings (SSSR count). The number of benzene rings is 1. The van der Waals surface area contributed by atoms with Crippen molar-refractivity contribution in [2.75, 3.05) is 20.2 Å².